The molecule has 3 aromatic rings. The van der Waals surface area contributed by atoms with Gasteiger partial charge in [0.05, 0.1) is 12.7 Å². The SMILES string of the molecule is COc1c2n(cc(-c3nnc(Cc4ccc(F)cc4F)s3)c1=O)N(C)C1(CC[C@@H]3C[C@@]31C(=O)O)N(C)C2=O. The van der Waals surface area contributed by atoms with Gasteiger partial charge in [-0.1, -0.05) is 17.4 Å². The zero-order valence-electron chi connectivity index (χ0n) is 20.7. The van der Waals surface area contributed by atoms with Crippen molar-refractivity contribution in [2.24, 2.45) is 11.3 Å². The molecule has 3 aliphatic rings. The van der Waals surface area contributed by atoms with Crippen molar-refractivity contribution < 1.29 is 28.2 Å². The molecule has 2 fully saturated rings. The summed E-state index contributed by atoms with van der Waals surface area (Å²) in [4.78, 5) is 41.1. The largest absolute Gasteiger partial charge is 0.491 e. The Morgan fingerprint density at radius 1 is 1.26 bits per heavy atom. The molecule has 1 spiro atoms. The summed E-state index contributed by atoms with van der Waals surface area (Å²) >= 11 is 1.06. The lowest BCUT2D eigenvalue weighted by Gasteiger charge is -2.54. The van der Waals surface area contributed by atoms with Crippen LogP contribution in [0.1, 0.15) is 40.3 Å². The van der Waals surface area contributed by atoms with Gasteiger partial charge in [-0.15, -0.1) is 10.2 Å². The van der Waals surface area contributed by atoms with Gasteiger partial charge in [-0.2, -0.15) is 0 Å². The Hall–Kier alpha value is -3.87. The lowest BCUT2D eigenvalue weighted by Crippen LogP contribution is -2.72. The number of nitrogens with zero attached hydrogens (tertiary/aromatic N) is 5. The van der Waals surface area contributed by atoms with E-state index in [2.05, 4.69) is 10.2 Å². The molecule has 1 amide bonds. The molecule has 2 aliphatic carbocycles. The van der Waals surface area contributed by atoms with Crippen molar-refractivity contribution >= 4 is 23.2 Å². The monoisotopic (exact) mass is 543 g/mol. The summed E-state index contributed by atoms with van der Waals surface area (Å²) in [5.41, 5.74) is -2.51. The molecule has 2 saturated carbocycles. The number of ether oxygens (including phenoxy) is 1. The third kappa shape index (κ3) is 2.99. The van der Waals surface area contributed by atoms with E-state index in [4.69, 9.17) is 4.74 Å². The zero-order chi connectivity index (χ0) is 27.1. The highest BCUT2D eigenvalue weighted by molar-refractivity contribution is 7.14. The summed E-state index contributed by atoms with van der Waals surface area (Å²) in [7, 11) is 4.55. The maximum atomic E-state index is 14.2. The molecule has 1 aliphatic heterocycles. The number of amides is 1. The number of aliphatic carboxylic acids is 1. The van der Waals surface area contributed by atoms with Gasteiger partial charge in [-0.25, -0.2) is 8.78 Å². The predicted molar refractivity (Wildman–Crippen MR) is 132 cm³/mol. The Morgan fingerprint density at radius 2 is 2.03 bits per heavy atom. The van der Waals surface area contributed by atoms with Crippen LogP contribution in [-0.4, -0.2) is 63.6 Å². The van der Waals surface area contributed by atoms with Crippen molar-refractivity contribution in [1.82, 2.24) is 19.8 Å². The lowest BCUT2D eigenvalue weighted by molar-refractivity contribution is -0.150. The number of carboxylic acids is 1. The number of benzene rings is 1. The van der Waals surface area contributed by atoms with Crippen LogP contribution in [-0.2, 0) is 11.2 Å². The molecule has 1 aromatic carbocycles. The number of halogens is 2. The van der Waals surface area contributed by atoms with Crippen LogP contribution in [0.4, 0.5) is 8.78 Å². The van der Waals surface area contributed by atoms with Gasteiger partial charge in [-0.3, -0.25) is 24.1 Å². The van der Waals surface area contributed by atoms with Crippen LogP contribution in [0, 0.1) is 23.0 Å². The number of rotatable bonds is 5. The van der Waals surface area contributed by atoms with Crippen molar-refractivity contribution in [3.8, 4) is 16.3 Å². The van der Waals surface area contributed by atoms with Crippen molar-refractivity contribution in [2.45, 2.75) is 31.3 Å². The van der Waals surface area contributed by atoms with Crippen LogP contribution in [0.15, 0.2) is 29.2 Å². The molecule has 0 bridgehead atoms. The molecule has 10 nitrogen and oxygen atoms in total. The first kappa shape index (κ1) is 24.5. The minimum absolute atomic E-state index is 0.0142. The van der Waals surface area contributed by atoms with Gasteiger partial charge < -0.3 is 14.7 Å². The summed E-state index contributed by atoms with van der Waals surface area (Å²) in [6.45, 7) is 0. The summed E-state index contributed by atoms with van der Waals surface area (Å²) in [6.07, 6.45) is 3.08. The van der Waals surface area contributed by atoms with E-state index in [1.54, 1.807) is 19.1 Å². The van der Waals surface area contributed by atoms with Gasteiger partial charge in [0.2, 0.25) is 5.43 Å². The Balaban J connectivity index is 1.46. The fraction of sp³-hybridized carbons (Fsp3) is 0.400. The number of carbonyl (C=O) groups excluding carboxylic acids is 1. The fourth-order valence-corrected chi connectivity index (χ4v) is 7.32. The number of hydrogen-bond acceptors (Lipinski definition) is 8. The van der Waals surface area contributed by atoms with Crippen LogP contribution in [0.2, 0.25) is 0 Å². The van der Waals surface area contributed by atoms with Gasteiger partial charge >= 0.3 is 5.97 Å². The van der Waals surface area contributed by atoms with Gasteiger partial charge in [0, 0.05) is 32.8 Å². The first-order valence-corrected chi connectivity index (χ1v) is 12.7. The number of fused-ring (bicyclic) bond motifs is 3. The Morgan fingerprint density at radius 3 is 2.68 bits per heavy atom. The number of aromatic nitrogens is 3. The first-order chi connectivity index (χ1) is 18.1. The molecule has 3 heterocycles. The summed E-state index contributed by atoms with van der Waals surface area (Å²) in [5, 5.41) is 20.8. The number of pyridine rings is 1. The molecule has 198 valence electrons. The van der Waals surface area contributed by atoms with E-state index in [0.29, 0.717) is 24.3 Å². The number of carbonyl (C=O) groups is 2. The van der Waals surface area contributed by atoms with E-state index in [1.807, 2.05) is 0 Å². The average molecular weight is 544 g/mol. The highest BCUT2D eigenvalue weighted by atomic mass is 32.1. The Bertz CT molecular complexity index is 1590. The van der Waals surface area contributed by atoms with Crippen LogP contribution in [0.3, 0.4) is 0 Å². The molecular formula is C25H23F2N5O5S. The van der Waals surface area contributed by atoms with Crippen molar-refractivity contribution in [3.05, 3.63) is 62.5 Å². The summed E-state index contributed by atoms with van der Waals surface area (Å²) in [6, 6.07) is 3.26. The summed E-state index contributed by atoms with van der Waals surface area (Å²) in [5.74, 6) is -3.11. The molecule has 13 heteroatoms. The van der Waals surface area contributed by atoms with Crippen molar-refractivity contribution in [1.29, 1.82) is 0 Å². The van der Waals surface area contributed by atoms with Crippen molar-refractivity contribution in [2.75, 3.05) is 26.2 Å². The minimum atomic E-state index is -1.13. The van der Waals surface area contributed by atoms with E-state index in [1.165, 1.54) is 28.9 Å². The normalized spacial score (nSPS) is 25.5. The second-order valence-electron chi connectivity index (χ2n) is 9.93. The Labute approximate surface area is 219 Å². The molecule has 6 rings (SSSR count). The van der Waals surface area contributed by atoms with E-state index in [9.17, 15) is 28.3 Å². The predicted octanol–water partition coefficient (Wildman–Crippen LogP) is 2.48. The maximum absolute atomic E-state index is 14.2. The number of methoxy groups -OCH3 is 1. The fourth-order valence-electron chi connectivity index (χ4n) is 6.45. The second kappa shape index (κ2) is 8.06. The van der Waals surface area contributed by atoms with Gasteiger partial charge in [0.25, 0.3) is 5.91 Å². The third-order valence-corrected chi connectivity index (χ3v) is 9.32. The standard InChI is InChI=1S/C25H23F2N5O5S/c1-30-22(34)18-20(37-3)19(33)15(21-29-28-17(38-21)8-12-4-5-14(26)9-16(12)27)11-32(18)31(2)25(30)7-6-13-10-24(13,25)23(35)36/h4-5,9,11,13H,6-8,10H2,1-3H3,(H,35,36)/t13-,24+,25?/m1/s1. The van der Waals surface area contributed by atoms with Crippen LogP contribution in [0.5, 0.6) is 5.75 Å². The molecule has 1 unspecified atom stereocenters. The smallest absolute Gasteiger partial charge is 0.314 e. The molecule has 1 N–H and O–H groups in total. The topological polar surface area (TPSA) is 118 Å². The molecule has 3 atom stereocenters. The van der Waals surface area contributed by atoms with E-state index < -0.39 is 40.0 Å². The quantitative estimate of drug-likeness (QED) is 0.522. The van der Waals surface area contributed by atoms with Crippen LogP contribution in [0.25, 0.3) is 10.6 Å². The molecule has 0 saturated heterocycles. The molecule has 0 radical (unpaired) electrons. The molecule has 2 aromatic heterocycles. The maximum Gasteiger partial charge on any atom is 0.314 e. The average Bonchev–Trinajstić information content (AvgIpc) is 3.29. The zero-order valence-corrected chi connectivity index (χ0v) is 21.5. The second-order valence-corrected chi connectivity index (χ2v) is 11.0. The van der Waals surface area contributed by atoms with Gasteiger partial charge in [0.1, 0.15) is 27.7 Å². The van der Waals surface area contributed by atoms with Crippen molar-refractivity contribution in [3.63, 3.8) is 0 Å². The van der Waals surface area contributed by atoms with Gasteiger partial charge in [0.15, 0.2) is 16.5 Å². The van der Waals surface area contributed by atoms with E-state index in [-0.39, 0.29) is 39.9 Å². The number of hydrogen-bond donors (Lipinski definition) is 1. The van der Waals surface area contributed by atoms with E-state index >= 15 is 0 Å². The number of carboxylic acid groups (broad SMARTS) is 1. The minimum Gasteiger partial charge on any atom is -0.491 e. The molecule has 38 heavy (non-hydrogen) atoms. The van der Waals surface area contributed by atoms with E-state index in [0.717, 1.165) is 23.5 Å². The first-order valence-electron chi connectivity index (χ1n) is 11.9. The summed E-state index contributed by atoms with van der Waals surface area (Å²) < 4.78 is 34.3. The highest BCUT2D eigenvalue weighted by Gasteiger charge is 2.80. The molecular weight excluding hydrogens is 520 g/mol. The highest BCUT2D eigenvalue weighted by Crippen LogP contribution is 2.71. The van der Waals surface area contributed by atoms with Crippen LogP contribution >= 0.6 is 11.3 Å². The third-order valence-electron chi connectivity index (χ3n) is 8.37. The van der Waals surface area contributed by atoms with Crippen LogP contribution < -0.4 is 15.2 Å². The lowest BCUT2D eigenvalue weighted by atomic mass is 9.86. The Kier molecular flexibility index (Phi) is 5.19. The van der Waals surface area contributed by atoms with Gasteiger partial charge in [-0.05, 0) is 36.8 Å².